The third-order valence-electron chi connectivity index (χ3n) is 2.48. The number of methoxy groups -OCH3 is 1. The minimum Gasteiger partial charge on any atom is -0.466 e. The van der Waals surface area contributed by atoms with E-state index < -0.39 is 5.60 Å². The lowest BCUT2D eigenvalue weighted by Gasteiger charge is -2.27. The van der Waals surface area contributed by atoms with Gasteiger partial charge in [-0.2, -0.15) is 0 Å². The second kappa shape index (κ2) is 8.24. The molecule has 0 radical (unpaired) electrons. The molecule has 0 aliphatic rings. The zero-order valence-electron chi connectivity index (χ0n) is 12.1. The largest absolute Gasteiger partial charge is 0.466 e. The van der Waals surface area contributed by atoms with Crippen molar-refractivity contribution in [2.24, 2.45) is 0 Å². The van der Waals surface area contributed by atoms with Gasteiger partial charge >= 0.3 is 5.97 Å². The summed E-state index contributed by atoms with van der Waals surface area (Å²) in [6.07, 6.45) is 2.44. The van der Waals surface area contributed by atoms with Gasteiger partial charge in [0.05, 0.1) is 12.7 Å². The SMILES string of the molecule is CCC(=CCNCC(C)(O)CN(C)C)C(=O)OC. The smallest absolute Gasteiger partial charge is 0.333 e. The van der Waals surface area contributed by atoms with Gasteiger partial charge in [-0.3, -0.25) is 0 Å². The van der Waals surface area contributed by atoms with Crippen molar-refractivity contribution in [2.45, 2.75) is 25.9 Å². The van der Waals surface area contributed by atoms with E-state index in [0.717, 1.165) is 0 Å². The lowest BCUT2D eigenvalue weighted by Crippen LogP contribution is -2.45. The van der Waals surface area contributed by atoms with Gasteiger partial charge in [-0.25, -0.2) is 4.79 Å². The van der Waals surface area contributed by atoms with E-state index in [1.165, 1.54) is 7.11 Å². The summed E-state index contributed by atoms with van der Waals surface area (Å²) in [6, 6.07) is 0. The maximum absolute atomic E-state index is 11.3. The molecule has 0 saturated carbocycles. The number of ether oxygens (including phenoxy) is 1. The summed E-state index contributed by atoms with van der Waals surface area (Å²) in [5.74, 6) is -0.292. The molecule has 0 aromatic rings. The Kier molecular flexibility index (Phi) is 7.82. The standard InChI is InChI=1S/C13H26N2O3/c1-6-11(12(16)18-5)7-8-14-9-13(2,17)10-15(3)4/h7,14,17H,6,8-10H2,1-5H3. The van der Waals surface area contributed by atoms with E-state index in [-0.39, 0.29) is 5.97 Å². The zero-order valence-corrected chi connectivity index (χ0v) is 12.1. The van der Waals surface area contributed by atoms with Gasteiger partial charge in [0, 0.05) is 25.2 Å². The second-order valence-electron chi connectivity index (χ2n) is 4.94. The van der Waals surface area contributed by atoms with Gasteiger partial charge in [0.2, 0.25) is 0 Å². The monoisotopic (exact) mass is 258 g/mol. The maximum atomic E-state index is 11.3. The summed E-state index contributed by atoms with van der Waals surface area (Å²) in [6.45, 7) is 5.29. The van der Waals surface area contributed by atoms with Crippen molar-refractivity contribution in [1.29, 1.82) is 0 Å². The second-order valence-corrected chi connectivity index (χ2v) is 4.94. The number of nitrogens with zero attached hydrogens (tertiary/aromatic N) is 1. The molecule has 0 aromatic carbocycles. The molecular weight excluding hydrogens is 232 g/mol. The Balaban J connectivity index is 4.11. The molecule has 0 heterocycles. The van der Waals surface area contributed by atoms with Crippen molar-refractivity contribution >= 4 is 5.97 Å². The van der Waals surface area contributed by atoms with Gasteiger partial charge in [0.1, 0.15) is 0 Å². The van der Waals surface area contributed by atoms with Crippen LogP contribution in [0.15, 0.2) is 11.6 Å². The van der Waals surface area contributed by atoms with E-state index in [2.05, 4.69) is 10.1 Å². The molecule has 18 heavy (non-hydrogen) atoms. The highest BCUT2D eigenvalue weighted by Crippen LogP contribution is 2.04. The highest BCUT2D eigenvalue weighted by Gasteiger charge is 2.20. The van der Waals surface area contributed by atoms with Crippen LogP contribution in [-0.2, 0) is 9.53 Å². The molecule has 0 bridgehead atoms. The summed E-state index contributed by atoms with van der Waals surface area (Å²) in [4.78, 5) is 13.2. The van der Waals surface area contributed by atoms with Crippen LogP contribution in [0.5, 0.6) is 0 Å². The first kappa shape index (κ1) is 17.1. The molecule has 0 aliphatic carbocycles. The number of carbonyl (C=O) groups is 1. The van der Waals surface area contributed by atoms with Gasteiger partial charge in [-0.1, -0.05) is 13.0 Å². The Morgan fingerprint density at radius 1 is 1.50 bits per heavy atom. The normalized spacial score (nSPS) is 15.6. The van der Waals surface area contributed by atoms with Crippen molar-refractivity contribution in [3.8, 4) is 0 Å². The molecule has 0 saturated heterocycles. The minimum absolute atomic E-state index is 0.292. The predicted molar refractivity (Wildman–Crippen MR) is 72.4 cm³/mol. The first-order valence-electron chi connectivity index (χ1n) is 6.17. The Labute approximate surface area is 110 Å². The number of carbonyl (C=O) groups excluding carboxylic acids is 1. The number of rotatable bonds is 8. The van der Waals surface area contributed by atoms with Gasteiger partial charge in [0.25, 0.3) is 0 Å². The first-order valence-corrected chi connectivity index (χ1v) is 6.17. The molecule has 106 valence electrons. The predicted octanol–water partition coefficient (Wildman–Crippen LogP) is 0.398. The minimum atomic E-state index is -0.783. The van der Waals surface area contributed by atoms with Gasteiger partial charge < -0.3 is 20.1 Å². The third-order valence-corrected chi connectivity index (χ3v) is 2.48. The van der Waals surface area contributed by atoms with Crippen LogP contribution in [0.4, 0.5) is 0 Å². The average Bonchev–Trinajstić information content (AvgIpc) is 2.26. The number of hydrogen-bond acceptors (Lipinski definition) is 5. The van der Waals surface area contributed by atoms with Crippen LogP contribution in [0.3, 0.4) is 0 Å². The zero-order chi connectivity index (χ0) is 14.2. The van der Waals surface area contributed by atoms with Crippen LogP contribution in [0.25, 0.3) is 0 Å². The van der Waals surface area contributed by atoms with E-state index in [0.29, 0.717) is 31.6 Å². The Morgan fingerprint density at radius 2 is 2.11 bits per heavy atom. The summed E-state index contributed by atoms with van der Waals surface area (Å²) in [5, 5.41) is 13.2. The highest BCUT2D eigenvalue weighted by molar-refractivity contribution is 5.88. The molecule has 1 unspecified atom stereocenters. The fraction of sp³-hybridized carbons (Fsp3) is 0.769. The third kappa shape index (κ3) is 7.42. The van der Waals surface area contributed by atoms with E-state index >= 15 is 0 Å². The van der Waals surface area contributed by atoms with E-state index in [1.807, 2.05) is 25.9 Å². The molecular formula is C13H26N2O3. The van der Waals surface area contributed by atoms with Crippen molar-refractivity contribution in [3.63, 3.8) is 0 Å². The van der Waals surface area contributed by atoms with Gasteiger partial charge in [-0.15, -0.1) is 0 Å². The highest BCUT2D eigenvalue weighted by atomic mass is 16.5. The van der Waals surface area contributed by atoms with Crippen LogP contribution in [-0.4, -0.2) is 62.4 Å². The fourth-order valence-electron chi connectivity index (χ4n) is 1.78. The first-order chi connectivity index (χ1) is 8.32. The van der Waals surface area contributed by atoms with Crippen LogP contribution >= 0.6 is 0 Å². The van der Waals surface area contributed by atoms with Crippen LogP contribution in [0.2, 0.25) is 0 Å². The maximum Gasteiger partial charge on any atom is 0.333 e. The van der Waals surface area contributed by atoms with E-state index in [1.54, 1.807) is 13.0 Å². The Bertz CT molecular complexity index is 286. The van der Waals surface area contributed by atoms with Gasteiger partial charge in [-0.05, 0) is 27.4 Å². The lowest BCUT2D eigenvalue weighted by atomic mass is 10.1. The molecule has 0 spiro atoms. The molecule has 5 heteroatoms. The van der Waals surface area contributed by atoms with Crippen LogP contribution < -0.4 is 5.32 Å². The van der Waals surface area contributed by atoms with E-state index in [9.17, 15) is 9.90 Å². The Hall–Kier alpha value is -0.910. The summed E-state index contributed by atoms with van der Waals surface area (Å²) < 4.78 is 4.66. The fourth-order valence-corrected chi connectivity index (χ4v) is 1.78. The van der Waals surface area contributed by atoms with Crippen molar-refractivity contribution in [1.82, 2.24) is 10.2 Å². The average molecular weight is 258 g/mol. The van der Waals surface area contributed by atoms with Crippen molar-refractivity contribution in [3.05, 3.63) is 11.6 Å². The number of nitrogens with one attached hydrogen (secondary N) is 1. The Morgan fingerprint density at radius 3 is 2.56 bits per heavy atom. The number of hydrogen-bond donors (Lipinski definition) is 2. The quantitative estimate of drug-likeness (QED) is 0.375. The molecule has 2 N–H and O–H groups in total. The van der Waals surface area contributed by atoms with Crippen molar-refractivity contribution < 1.29 is 14.6 Å². The molecule has 0 amide bonds. The number of aliphatic hydroxyl groups is 1. The molecule has 0 aliphatic heterocycles. The summed E-state index contributed by atoms with van der Waals surface area (Å²) in [7, 11) is 5.21. The molecule has 0 fully saturated rings. The van der Waals surface area contributed by atoms with Gasteiger partial charge in [0.15, 0.2) is 0 Å². The topological polar surface area (TPSA) is 61.8 Å². The molecule has 0 aromatic heterocycles. The lowest BCUT2D eigenvalue weighted by molar-refractivity contribution is -0.136. The molecule has 5 nitrogen and oxygen atoms in total. The van der Waals surface area contributed by atoms with E-state index in [4.69, 9.17) is 0 Å². The molecule has 1 atom stereocenters. The number of likely N-dealkylation sites (N-methyl/N-ethyl adjacent to an activating group) is 1. The molecule has 0 rings (SSSR count). The van der Waals surface area contributed by atoms with Crippen LogP contribution in [0, 0.1) is 0 Å². The summed E-state index contributed by atoms with van der Waals surface area (Å²) in [5.41, 5.74) is -0.133. The van der Waals surface area contributed by atoms with Crippen molar-refractivity contribution in [2.75, 3.05) is 40.8 Å². The van der Waals surface area contributed by atoms with Crippen LogP contribution in [0.1, 0.15) is 20.3 Å². The number of esters is 1. The summed E-state index contributed by atoms with van der Waals surface area (Å²) >= 11 is 0.